The number of hydrogen-bond donors (Lipinski definition) is 3. The molecule has 0 saturated heterocycles. The summed E-state index contributed by atoms with van der Waals surface area (Å²) in [5.74, 6) is 0. The summed E-state index contributed by atoms with van der Waals surface area (Å²) in [6.07, 6.45) is 0.830. The van der Waals surface area contributed by atoms with Crippen molar-refractivity contribution in [2.24, 2.45) is 0 Å². The van der Waals surface area contributed by atoms with Crippen molar-refractivity contribution in [2.45, 2.75) is 6.10 Å². The van der Waals surface area contributed by atoms with Gasteiger partial charge in [0.05, 0.1) is 6.10 Å². The number of hydrogen-bond acceptors (Lipinski definition) is 2. The minimum atomic E-state index is -0.748. The Labute approximate surface area is 105 Å². The maximum absolute atomic E-state index is 11.2. The second kappa shape index (κ2) is 6.93. The van der Waals surface area contributed by atoms with Crippen LogP contribution in [0.2, 0.25) is 5.02 Å². The average Bonchev–Trinajstić information content (AvgIpc) is 2.34. The summed E-state index contributed by atoms with van der Waals surface area (Å²) in [6.45, 7) is 4.01. The minimum absolute atomic E-state index is 0.143. The Morgan fingerprint density at radius 1 is 1.41 bits per heavy atom. The summed E-state index contributed by atoms with van der Waals surface area (Å²) in [5, 5.41) is 15.5. The fourth-order valence-corrected chi connectivity index (χ4v) is 1.35. The number of carbonyl (C=O) groups excluding carboxylic acids is 1. The van der Waals surface area contributed by atoms with E-state index in [1.807, 2.05) is 0 Å². The highest BCUT2D eigenvalue weighted by Gasteiger charge is 2.08. The van der Waals surface area contributed by atoms with E-state index in [2.05, 4.69) is 17.2 Å². The van der Waals surface area contributed by atoms with Crippen LogP contribution in [0.25, 0.3) is 0 Å². The molecule has 3 N–H and O–H groups in total. The van der Waals surface area contributed by atoms with Crippen LogP contribution in [0.4, 0.5) is 4.79 Å². The first kappa shape index (κ1) is 13.5. The first-order valence-corrected chi connectivity index (χ1v) is 5.57. The van der Waals surface area contributed by atoms with Gasteiger partial charge in [0.15, 0.2) is 0 Å². The van der Waals surface area contributed by atoms with Crippen LogP contribution in [0.15, 0.2) is 36.9 Å². The zero-order chi connectivity index (χ0) is 12.7. The molecule has 0 saturated carbocycles. The molecule has 0 radical (unpaired) electrons. The lowest BCUT2D eigenvalue weighted by atomic mass is 10.1. The van der Waals surface area contributed by atoms with Crippen molar-refractivity contribution in [1.82, 2.24) is 10.6 Å². The molecule has 92 valence electrons. The second-order valence-electron chi connectivity index (χ2n) is 3.45. The van der Waals surface area contributed by atoms with Crippen LogP contribution in [0.1, 0.15) is 11.7 Å². The molecule has 17 heavy (non-hydrogen) atoms. The van der Waals surface area contributed by atoms with E-state index in [0.717, 1.165) is 0 Å². The van der Waals surface area contributed by atoms with E-state index < -0.39 is 6.10 Å². The number of urea groups is 1. The van der Waals surface area contributed by atoms with Gasteiger partial charge in [-0.05, 0) is 17.7 Å². The maximum atomic E-state index is 11.2. The zero-order valence-corrected chi connectivity index (χ0v) is 10.1. The van der Waals surface area contributed by atoms with Gasteiger partial charge in [0, 0.05) is 18.1 Å². The predicted molar refractivity (Wildman–Crippen MR) is 68.0 cm³/mol. The van der Waals surface area contributed by atoms with E-state index in [-0.39, 0.29) is 12.6 Å². The van der Waals surface area contributed by atoms with Gasteiger partial charge in [0.2, 0.25) is 0 Å². The smallest absolute Gasteiger partial charge is 0.315 e. The lowest BCUT2D eigenvalue weighted by Crippen LogP contribution is -2.37. The van der Waals surface area contributed by atoms with Crippen LogP contribution >= 0.6 is 11.6 Å². The molecular formula is C12H15ClN2O2. The Bertz CT molecular complexity index is 379. The van der Waals surface area contributed by atoms with Crippen molar-refractivity contribution in [1.29, 1.82) is 0 Å². The maximum Gasteiger partial charge on any atom is 0.315 e. The molecule has 0 aliphatic carbocycles. The number of rotatable bonds is 5. The van der Waals surface area contributed by atoms with E-state index in [9.17, 15) is 9.90 Å². The lowest BCUT2D eigenvalue weighted by molar-refractivity contribution is 0.173. The van der Waals surface area contributed by atoms with Gasteiger partial charge < -0.3 is 15.7 Å². The molecule has 1 unspecified atom stereocenters. The van der Waals surface area contributed by atoms with Crippen LogP contribution < -0.4 is 10.6 Å². The molecule has 0 fully saturated rings. The molecule has 0 aliphatic rings. The van der Waals surface area contributed by atoms with Crippen molar-refractivity contribution in [3.8, 4) is 0 Å². The lowest BCUT2D eigenvalue weighted by Gasteiger charge is -2.12. The minimum Gasteiger partial charge on any atom is -0.387 e. The van der Waals surface area contributed by atoms with E-state index in [1.165, 1.54) is 0 Å². The Kier molecular flexibility index (Phi) is 5.52. The first-order valence-electron chi connectivity index (χ1n) is 5.19. The number of carbonyl (C=O) groups is 1. The Hall–Kier alpha value is -1.52. The van der Waals surface area contributed by atoms with Gasteiger partial charge in [0.25, 0.3) is 0 Å². The molecule has 2 amide bonds. The molecular weight excluding hydrogens is 240 g/mol. The van der Waals surface area contributed by atoms with Gasteiger partial charge in [-0.3, -0.25) is 0 Å². The van der Waals surface area contributed by atoms with E-state index in [4.69, 9.17) is 11.6 Å². The molecule has 1 atom stereocenters. The normalized spacial score (nSPS) is 11.6. The molecule has 0 heterocycles. The van der Waals surface area contributed by atoms with Crippen LogP contribution in [-0.4, -0.2) is 24.2 Å². The van der Waals surface area contributed by atoms with E-state index in [1.54, 1.807) is 30.3 Å². The number of aliphatic hydroxyl groups is 1. The molecule has 0 spiro atoms. The Morgan fingerprint density at radius 2 is 2.06 bits per heavy atom. The number of benzene rings is 1. The summed E-state index contributed by atoms with van der Waals surface area (Å²) in [6, 6.07) is 6.49. The summed E-state index contributed by atoms with van der Waals surface area (Å²) < 4.78 is 0. The predicted octanol–water partition coefficient (Wildman–Crippen LogP) is 1.86. The number of aliphatic hydroxyl groups excluding tert-OH is 1. The second-order valence-corrected chi connectivity index (χ2v) is 3.88. The van der Waals surface area contributed by atoms with Crippen molar-refractivity contribution in [3.05, 3.63) is 47.5 Å². The number of halogens is 1. The summed E-state index contributed by atoms with van der Waals surface area (Å²) in [4.78, 5) is 11.2. The van der Waals surface area contributed by atoms with Crippen molar-refractivity contribution in [3.63, 3.8) is 0 Å². The van der Waals surface area contributed by atoms with Crippen molar-refractivity contribution in [2.75, 3.05) is 13.1 Å². The summed E-state index contributed by atoms with van der Waals surface area (Å²) >= 11 is 5.73. The molecule has 1 rings (SSSR count). The van der Waals surface area contributed by atoms with Gasteiger partial charge >= 0.3 is 6.03 Å². The summed E-state index contributed by atoms with van der Waals surface area (Å²) in [5.41, 5.74) is 0.707. The van der Waals surface area contributed by atoms with Crippen molar-refractivity contribution >= 4 is 17.6 Å². The quantitative estimate of drug-likeness (QED) is 0.703. The zero-order valence-electron chi connectivity index (χ0n) is 9.32. The average molecular weight is 255 g/mol. The van der Waals surface area contributed by atoms with Crippen molar-refractivity contribution < 1.29 is 9.90 Å². The third kappa shape index (κ3) is 4.89. The molecule has 4 nitrogen and oxygen atoms in total. The summed E-state index contributed by atoms with van der Waals surface area (Å²) in [7, 11) is 0. The third-order valence-electron chi connectivity index (χ3n) is 2.12. The topological polar surface area (TPSA) is 61.4 Å². The Balaban J connectivity index is 2.39. The van der Waals surface area contributed by atoms with Crippen LogP contribution in [0, 0.1) is 0 Å². The molecule has 0 bridgehead atoms. The van der Waals surface area contributed by atoms with Gasteiger partial charge in [-0.2, -0.15) is 0 Å². The molecule has 0 aliphatic heterocycles. The first-order chi connectivity index (χ1) is 8.13. The van der Waals surface area contributed by atoms with Crippen LogP contribution in [-0.2, 0) is 0 Å². The highest BCUT2D eigenvalue weighted by atomic mass is 35.5. The van der Waals surface area contributed by atoms with E-state index >= 15 is 0 Å². The molecule has 1 aromatic rings. The third-order valence-corrected chi connectivity index (χ3v) is 2.37. The van der Waals surface area contributed by atoms with Gasteiger partial charge in [-0.15, -0.1) is 6.58 Å². The largest absolute Gasteiger partial charge is 0.387 e. The van der Waals surface area contributed by atoms with Crippen LogP contribution in [0.5, 0.6) is 0 Å². The monoisotopic (exact) mass is 254 g/mol. The highest BCUT2D eigenvalue weighted by molar-refractivity contribution is 6.30. The highest BCUT2D eigenvalue weighted by Crippen LogP contribution is 2.15. The SMILES string of the molecule is C=CCNC(=O)NCC(O)c1ccc(Cl)cc1. The molecule has 5 heteroatoms. The van der Waals surface area contributed by atoms with E-state index in [0.29, 0.717) is 17.1 Å². The van der Waals surface area contributed by atoms with Gasteiger partial charge in [-0.25, -0.2) is 4.79 Å². The standard InChI is InChI=1S/C12H15ClN2O2/c1-2-7-14-12(17)15-8-11(16)9-3-5-10(13)6-4-9/h2-6,11,16H,1,7-8H2,(H2,14,15,17). The molecule has 0 aromatic heterocycles. The van der Waals surface area contributed by atoms with Gasteiger partial charge in [-0.1, -0.05) is 29.8 Å². The number of amides is 2. The number of nitrogens with one attached hydrogen (secondary N) is 2. The molecule has 1 aromatic carbocycles. The van der Waals surface area contributed by atoms with Crippen LogP contribution in [0.3, 0.4) is 0 Å². The Morgan fingerprint density at radius 3 is 2.65 bits per heavy atom. The fraction of sp³-hybridized carbons (Fsp3) is 0.250. The van der Waals surface area contributed by atoms with Gasteiger partial charge in [0.1, 0.15) is 0 Å². The fourth-order valence-electron chi connectivity index (χ4n) is 1.22.